The molecule has 30 heavy (non-hydrogen) atoms. The van der Waals surface area contributed by atoms with Gasteiger partial charge in [-0.1, -0.05) is 19.3 Å². The molecule has 1 aliphatic carbocycles. The summed E-state index contributed by atoms with van der Waals surface area (Å²) in [4.78, 5) is 0. The molecule has 0 unspecified atom stereocenters. The average molecular weight is 464 g/mol. The number of rotatable bonds is 3. The molecule has 0 spiro atoms. The average Bonchev–Trinajstić information content (AvgIpc) is 2.74. The molecule has 0 radical (unpaired) electrons. The first-order chi connectivity index (χ1) is 14.0. The van der Waals surface area contributed by atoms with E-state index in [1.165, 1.54) is 0 Å². The van der Waals surface area contributed by atoms with Crippen LogP contribution in [0.5, 0.6) is 0 Å². The van der Waals surface area contributed by atoms with Crippen LogP contribution >= 0.6 is 7.14 Å². The van der Waals surface area contributed by atoms with Crippen LogP contribution in [0.1, 0.15) is 32.1 Å². The molecular weight excluding hydrogens is 453 g/mol. The summed E-state index contributed by atoms with van der Waals surface area (Å²) in [5.74, 6) is -26.1. The van der Waals surface area contributed by atoms with Gasteiger partial charge in [0.2, 0.25) is 11.6 Å². The molecule has 0 N–H and O–H groups in total. The maximum Gasteiger partial charge on any atom is 0.200 e. The minimum absolute atomic E-state index is 0.194. The SMILES string of the molecule is O=P(c1c(F)c(F)c(F)c(F)c1F)(c1c(F)c(F)c(F)c(F)c1F)C1CCCCC1. The van der Waals surface area contributed by atoms with Crippen LogP contribution in [-0.4, -0.2) is 5.66 Å². The third-order valence-electron chi connectivity index (χ3n) is 5.13. The van der Waals surface area contributed by atoms with Gasteiger partial charge in [-0.15, -0.1) is 0 Å². The van der Waals surface area contributed by atoms with Crippen LogP contribution in [-0.2, 0) is 4.57 Å². The van der Waals surface area contributed by atoms with Crippen molar-refractivity contribution in [2.24, 2.45) is 0 Å². The molecule has 2 aromatic rings. The Morgan fingerprint density at radius 3 is 1.03 bits per heavy atom. The quantitative estimate of drug-likeness (QED) is 0.246. The molecule has 164 valence electrons. The Morgan fingerprint density at radius 1 is 0.467 bits per heavy atom. The summed E-state index contributed by atoms with van der Waals surface area (Å²) in [6.45, 7) is 0. The predicted molar refractivity (Wildman–Crippen MR) is 86.2 cm³/mol. The number of hydrogen-bond donors (Lipinski definition) is 0. The van der Waals surface area contributed by atoms with Gasteiger partial charge in [-0.3, -0.25) is 0 Å². The van der Waals surface area contributed by atoms with Gasteiger partial charge < -0.3 is 4.57 Å². The van der Waals surface area contributed by atoms with Crippen LogP contribution < -0.4 is 10.6 Å². The standard InChI is InChI=1S/C18H11F10OP/c19-7-9(21)13(25)17(14(26)10(7)22)30(29,6-4-2-1-3-5-6)18-15(27)11(23)8(20)12(24)16(18)28/h6H,1-5H2. The van der Waals surface area contributed by atoms with E-state index in [-0.39, 0.29) is 25.7 Å². The van der Waals surface area contributed by atoms with Gasteiger partial charge in [-0.05, 0) is 12.8 Å². The predicted octanol–water partition coefficient (Wildman–Crippen LogP) is 5.72. The Morgan fingerprint density at radius 2 is 0.733 bits per heavy atom. The highest BCUT2D eigenvalue weighted by Gasteiger charge is 2.49. The van der Waals surface area contributed by atoms with Gasteiger partial charge in [0.1, 0.15) is 0 Å². The molecule has 0 bridgehead atoms. The summed E-state index contributed by atoms with van der Waals surface area (Å²) < 4.78 is 154. The van der Waals surface area contributed by atoms with E-state index in [9.17, 15) is 48.5 Å². The van der Waals surface area contributed by atoms with Crippen molar-refractivity contribution in [3.63, 3.8) is 0 Å². The summed E-state index contributed by atoms with van der Waals surface area (Å²) in [5, 5.41) is -4.15. The molecule has 0 amide bonds. The van der Waals surface area contributed by atoms with Gasteiger partial charge in [-0.2, -0.15) is 0 Å². The molecule has 0 saturated heterocycles. The molecule has 1 nitrogen and oxygen atoms in total. The lowest BCUT2D eigenvalue weighted by atomic mass is 10.0. The van der Waals surface area contributed by atoms with Crippen molar-refractivity contribution in [1.29, 1.82) is 0 Å². The van der Waals surface area contributed by atoms with Crippen molar-refractivity contribution in [2.45, 2.75) is 37.8 Å². The zero-order chi connectivity index (χ0) is 22.5. The second-order valence-corrected chi connectivity index (χ2v) is 9.73. The number of benzene rings is 2. The molecule has 1 fully saturated rings. The Balaban J connectivity index is 2.51. The molecule has 0 aromatic heterocycles. The normalized spacial score (nSPS) is 15.7. The van der Waals surface area contributed by atoms with Crippen LogP contribution in [0.25, 0.3) is 0 Å². The van der Waals surface area contributed by atoms with Gasteiger partial charge in [0.25, 0.3) is 0 Å². The van der Waals surface area contributed by atoms with E-state index in [0.717, 1.165) is 0 Å². The fourth-order valence-corrected chi connectivity index (χ4v) is 7.30. The fourth-order valence-electron chi connectivity index (χ4n) is 3.69. The van der Waals surface area contributed by atoms with E-state index in [1.807, 2.05) is 0 Å². The van der Waals surface area contributed by atoms with Crippen molar-refractivity contribution in [3.05, 3.63) is 58.2 Å². The Hall–Kier alpha value is -2.03. The molecular formula is C18H11F10OP. The van der Waals surface area contributed by atoms with E-state index < -0.39 is 81.6 Å². The number of hydrogen-bond acceptors (Lipinski definition) is 1. The molecule has 0 aliphatic heterocycles. The molecule has 3 rings (SSSR count). The molecule has 0 heterocycles. The topological polar surface area (TPSA) is 17.1 Å². The summed E-state index contributed by atoms with van der Waals surface area (Å²) in [6, 6.07) is 0. The van der Waals surface area contributed by atoms with Gasteiger partial charge >= 0.3 is 0 Å². The summed E-state index contributed by atoms with van der Waals surface area (Å²) in [6.07, 6.45) is 0.371. The lowest BCUT2D eigenvalue weighted by Gasteiger charge is -2.32. The Labute approximate surface area is 163 Å². The summed E-state index contributed by atoms with van der Waals surface area (Å²) in [5.41, 5.74) is -1.60. The van der Waals surface area contributed by atoms with Gasteiger partial charge in [0.15, 0.2) is 53.7 Å². The van der Waals surface area contributed by atoms with Crippen molar-refractivity contribution in [2.75, 3.05) is 0 Å². The fraction of sp³-hybridized carbons (Fsp3) is 0.333. The third-order valence-corrected chi connectivity index (χ3v) is 8.79. The highest BCUT2D eigenvalue weighted by Crippen LogP contribution is 2.56. The first-order valence-corrected chi connectivity index (χ1v) is 10.4. The van der Waals surface area contributed by atoms with Crippen molar-refractivity contribution in [3.8, 4) is 0 Å². The largest absolute Gasteiger partial charge is 0.313 e. The van der Waals surface area contributed by atoms with Crippen LogP contribution in [0.15, 0.2) is 0 Å². The zero-order valence-corrected chi connectivity index (χ0v) is 15.6. The van der Waals surface area contributed by atoms with Gasteiger partial charge in [-0.25, -0.2) is 43.9 Å². The molecule has 2 aromatic carbocycles. The Bertz CT molecular complexity index is 946. The third kappa shape index (κ3) is 3.13. The van der Waals surface area contributed by atoms with Crippen molar-refractivity contribution < 1.29 is 48.5 Å². The number of halogens is 10. The van der Waals surface area contributed by atoms with Crippen LogP contribution in [0, 0.1) is 58.2 Å². The highest BCUT2D eigenvalue weighted by molar-refractivity contribution is 7.79. The minimum atomic E-state index is -5.59. The lowest BCUT2D eigenvalue weighted by Crippen LogP contribution is -2.37. The smallest absolute Gasteiger partial charge is 0.200 e. The zero-order valence-electron chi connectivity index (χ0n) is 14.7. The maximum absolute atomic E-state index is 14.5. The maximum atomic E-state index is 14.5. The highest BCUT2D eigenvalue weighted by atomic mass is 31.2. The van der Waals surface area contributed by atoms with E-state index in [0.29, 0.717) is 6.42 Å². The second kappa shape index (κ2) is 7.90. The van der Waals surface area contributed by atoms with E-state index >= 15 is 0 Å². The van der Waals surface area contributed by atoms with E-state index in [1.54, 1.807) is 0 Å². The van der Waals surface area contributed by atoms with Crippen molar-refractivity contribution in [1.82, 2.24) is 0 Å². The minimum Gasteiger partial charge on any atom is -0.313 e. The second-order valence-electron chi connectivity index (χ2n) is 6.79. The van der Waals surface area contributed by atoms with E-state index in [2.05, 4.69) is 0 Å². The molecule has 0 atom stereocenters. The molecule has 1 saturated carbocycles. The van der Waals surface area contributed by atoms with Crippen LogP contribution in [0.2, 0.25) is 0 Å². The van der Waals surface area contributed by atoms with Crippen molar-refractivity contribution >= 4 is 17.8 Å². The van der Waals surface area contributed by atoms with Gasteiger partial charge in [0, 0.05) is 5.66 Å². The van der Waals surface area contributed by atoms with E-state index in [4.69, 9.17) is 0 Å². The first-order valence-electron chi connectivity index (χ1n) is 8.59. The summed E-state index contributed by atoms with van der Waals surface area (Å²) in [7, 11) is -5.59. The Kier molecular flexibility index (Phi) is 5.97. The lowest BCUT2D eigenvalue weighted by molar-refractivity contribution is 0.380. The van der Waals surface area contributed by atoms with Crippen LogP contribution in [0.3, 0.4) is 0 Å². The molecule has 12 heteroatoms. The summed E-state index contributed by atoms with van der Waals surface area (Å²) >= 11 is 0. The van der Waals surface area contributed by atoms with Crippen LogP contribution in [0.4, 0.5) is 43.9 Å². The first kappa shape index (κ1) is 22.7. The monoisotopic (exact) mass is 464 g/mol. The van der Waals surface area contributed by atoms with Gasteiger partial charge in [0.05, 0.1) is 10.6 Å². The molecule has 1 aliphatic rings.